The molecular weight excluding hydrogens is 286 g/mol. The van der Waals surface area contributed by atoms with Gasteiger partial charge in [0.2, 0.25) is 5.91 Å². The maximum absolute atomic E-state index is 12.2. The number of nitro benzene ring substituents is 1. The molecule has 1 aromatic carbocycles. The van der Waals surface area contributed by atoms with Crippen LogP contribution in [0.1, 0.15) is 5.56 Å². The minimum atomic E-state index is -0.584. The summed E-state index contributed by atoms with van der Waals surface area (Å²) in [6.45, 7) is 2.80. The van der Waals surface area contributed by atoms with Gasteiger partial charge in [-0.15, -0.1) is 0 Å². The number of likely N-dealkylation sites (N-methyl/N-ethyl adjacent to an activating group) is 1. The van der Waals surface area contributed by atoms with E-state index in [1.165, 1.54) is 11.0 Å². The molecule has 22 heavy (non-hydrogen) atoms. The first-order valence-electron chi connectivity index (χ1n) is 6.91. The van der Waals surface area contributed by atoms with E-state index in [-0.39, 0.29) is 29.4 Å². The van der Waals surface area contributed by atoms with Gasteiger partial charge in [-0.05, 0) is 12.1 Å². The van der Waals surface area contributed by atoms with Gasteiger partial charge in [-0.25, -0.2) is 0 Å². The van der Waals surface area contributed by atoms with Gasteiger partial charge in [-0.2, -0.15) is 5.26 Å². The largest absolute Gasteiger partial charge is 0.360 e. The lowest BCUT2D eigenvalue weighted by molar-refractivity contribution is -0.384. The zero-order valence-electron chi connectivity index (χ0n) is 12.3. The maximum atomic E-state index is 12.2. The Bertz CT molecular complexity index is 619. The highest BCUT2D eigenvalue weighted by atomic mass is 16.6. The highest BCUT2D eigenvalue weighted by Gasteiger charge is 2.24. The van der Waals surface area contributed by atoms with E-state index in [0.29, 0.717) is 13.1 Å². The van der Waals surface area contributed by atoms with E-state index in [0.717, 1.165) is 13.1 Å². The Hall–Kier alpha value is -2.66. The standard InChI is InChI=1S/C14H17N5O3/c1-17(10-13(20)18-7-5-16-6-8-18)12-4-2-3-11(9-15)14(12)19(21)22/h2-4,16H,5-8,10H2,1H3. The Morgan fingerprint density at radius 2 is 2.18 bits per heavy atom. The number of nitriles is 1. The van der Waals surface area contributed by atoms with Crippen molar-refractivity contribution in [1.29, 1.82) is 5.26 Å². The molecule has 0 radical (unpaired) electrons. The first-order valence-corrected chi connectivity index (χ1v) is 6.91. The van der Waals surface area contributed by atoms with Gasteiger partial charge in [0.15, 0.2) is 0 Å². The molecule has 1 aliphatic heterocycles. The summed E-state index contributed by atoms with van der Waals surface area (Å²) in [5.41, 5.74) is -0.00267. The van der Waals surface area contributed by atoms with Crippen molar-refractivity contribution in [3.63, 3.8) is 0 Å². The molecule has 1 aromatic rings. The SMILES string of the molecule is CN(CC(=O)N1CCNCC1)c1cccc(C#N)c1[N+](=O)[O-]. The van der Waals surface area contributed by atoms with E-state index in [9.17, 15) is 14.9 Å². The van der Waals surface area contributed by atoms with Gasteiger partial charge in [0.25, 0.3) is 0 Å². The molecule has 1 saturated heterocycles. The number of hydrogen-bond acceptors (Lipinski definition) is 6. The van der Waals surface area contributed by atoms with Crippen LogP contribution in [-0.2, 0) is 4.79 Å². The summed E-state index contributed by atoms with van der Waals surface area (Å²) < 4.78 is 0. The van der Waals surface area contributed by atoms with Crippen LogP contribution in [0.3, 0.4) is 0 Å². The van der Waals surface area contributed by atoms with Gasteiger partial charge < -0.3 is 15.1 Å². The normalized spacial score (nSPS) is 14.3. The van der Waals surface area contributed by atoms with Crippen LogP contribution in [0.4, 0.5) is 11.4 Å². The third kappa shape index (κ3) is 3.32. The quantitative estimate of drug-likeness (QED) is 0.635. The lowest BCUT2D eigenvalue weighted by Gasteiger charge is -2.29. The van der Waals surface area contributed by atoms with Gasteiger partial charge in [-0.1, -0.05) is 6.07 Å². The number of nitro groups is 1. The number of para-hydroxylation sites is 1. The average molecular weight is 303 g/mol. The maximum Gasteiger partial charge on any atom is 0.310 e. The van der Waals surface area contributed by atoms with Crippen molar-refractivity contribution >= 4 is 17.3 Å². The van der Waals surface area contributed by atoms with Crippen LogP contribution in [0.15, 0.2) is 18.2 Å². The molecule has 1 heterocycles. The predicted molar refractivity (Wildman–Crippen MR) is 80.5 cm³/mol. The number of rotatable bonds is 4. The first kappa shape index (κ1) is 15.7. The fraction of sp³-hybridized carbons (Fsp3) is 0.429. The van der Waals surface area contributed by atoms with Crippen LogP contribution in [-0.4, -0.2) is 55.5 Å². The number of nitrogens with zero attached hydrogens (tertiary/aromatic N) is 4. The Morgan fingerprint density at radius 3 is 2.77 bits per heavy atom. The number of carbonyl (C=O) groups is 1. The second-order valence-corrected chi connectivity index (χ2v) is 5.03. The minimum absolute atomic E-state index is 0.0102. The molecule has 8 nitrogen and oxygen atoms in total. The molecule has 1 fully saturated rings. The topological polar surface area (TPSA) is 103 Å². The summed E-state index contributed by atoms with van der Waals surface area (Å²) in [6, 6.07) is 6.34. The molecule has 0 atom stereocenters. The van der Waals surface area contributed by atoms with Gasteiger partial charge in [0.05, 0.1) is 11.5 Å². The van der Waals surface area contributed by atoms with Crippen LogP contribution in [0.2, 0.25) is 0 Å². The van der Waals surface area contributed by atoms with Crippen LogP contribution < -0.4 is 10.2 Å². The molecule has 2 rings (SSSR count). The molecule has 0 unspecified atom stereocenters. The molecule has 116 valence electrons. The number of hydrogen-bond donors (Lipinski definition) is 1. The summed E-state index contributed by atoms with van der Waals surface area (Å²) in [5, 5.41) is 23.4. The van der Waals surface area contributed by atoms with Gasteiger partial charge >= 0.3 is 5.69 Å². The van der Waals surface area contributed by atoms with Crippen molar-refractivity contribution in [3.8, 4) is 6.07 Å². The third-order valence-corrected chi connectivity index (χ3v) is 3.57. The van der Waals surface area contributed by atoms with Gasteiger partial charge in [0, 0.05) is 33.2 Å². The molecule has 0 saturated carbocycles. The van der Waals surface area contributed by atoms with E-state index in [1.807, 2.05) is 6.07 Å². The Labute approximate surface area is 128 Å². The van der Waals surface area contributed by atoms with Crippen molar-refractivity contribution in [2.75, 3.05) is 44.7 Å². The Kier molecular flexibility index (Phi) is 4.91. The Morgan fingerprint density at radius 1 is 1.50 bits per heavy atom. The summed E-state index contributed by atoms with van der Waals surface area (Å²) in [4.78, 5) is 26.1. The van der Waals surface area contributed by atoms with Gasteiger partial charge in [-0.3, -0.25) is 14.9 Å². The number of piperazine rings is 1. The van der Waals surface area contributed by atoms with E-state index in [4.69, 9.17) is 5.26 Å². The summed E-state index contributed by atoms with van der Waals surface area (Å²) in [7, 11) is 1.61. The predicted octanol–water partition coefficient (Wildman–Crippen LogP) is 0.334. The van der Waals surface area contributed by atoms with Gasteiger partial charge in [0.1, 0.15) is 17.3 Å². The van der Waals surface area contributed by atoms with Crippen molar-refractivity contribution in [1.82, 2.24) is 10.2 Å². The summed E-state index contributed by atoms with van der Waals surface area (Å²) >= 11 is 0. The molecule has 0 bridgehead atoms. The fourth-order valence-corrected chi connectivity index (χ4v) is 2.42. The monoisotopic (exact) mass is 303 g/mol. The number of benzene rings is 1. The highest BCUT2D eigenvalue weighted by molar-refractivity contribution is 5.83. The van der Waals surface area contributed by atoms with Crippen LogP contribution in [0.5, 0.6) is 0 Å². The fourth-order valence-electron chi connectivity index (χ4n) is 2.42. The number of nitrogens with one attached hydrogen (secondary N) is 1. The average Bonchev–Trinajstić information content (AvgIpc) is 2.54. The van der Waals surface area contributed by atoms with Crippen LogP contribution in [0, 0.1) is 21.4 Å². The lowest BCUT2D eigenvalue weighted by Crippen LogP contribution is -2.49. The molecule has 8 heteroatoms. The zero-order chi connectivity index (χ0) is 16.1. The molecule has 1 N–H and O–H groups in total. The molecule has 0 spiro atoms. The van der Waals surface area contributed by atoms with Crippen molar-refractivity contribution in [3.05, 3.63) is 33.9 Å². The minimum Gasteiger partial charge on any atom is -0.360 e. The molecule has 0 aliphatic carbocycles. The molecule has 0 aromatic heterocycles. The molecule has 1 aliphatic rings. The van der Waals surface area contributed by atoms with Crippen LogP contribution in [0.25, 0.3) is 0 Å². The van der Waals surface area contributed by atoms with E-state index in [1.54, 1.807) is 24.1 Å². The van der Waals surface area contributed by atoms with Crippen LogP contribution >= 0.6 is 0 Å². The van der Waals surface area contributed by atoms with E-state index in [2.05, 4.69) is 5.32 Å². The number of anilines is 1. The van der Waals surface area contributed by atoms with E-state index >= 15 is 0 Å². The van der Waals surface area contributed by atoms with Crippen molar-refractivity contribution in [2.45, 2.75) is 0 Å². The number of amides is 1. The second-order valence-electron chi connectivity index (χ2n) is 5.03. The third-order valence-electron chi connectivity index (χ3n) is 3.57. The summed E-state index contributed by atoms with van der Waals surface area (Å²) in [6.07, 6.45) is 0. The van der Waals surface area contributed by atoms with Crippen molar-refractivity contribution < 1.29 is 9.72 Å². The zero-order valence-corrected chi connectivity index (χ0v) is 12.3. The molecular formula is C14H17N5O3. The highest BCUT2D eigenvalue weighted by Crippen LogP contribution is 2.30. The Balaban J connectivity index is 2.19. The summed E-state index contributed by atoms with van der Waals surface area (Å²) in [5.74, 6) is -0.0827. The smallest absolute Gasteiger partial charge is 0.310 e. The second kappa shape index (κ2) is 6.87. The van der Waals surface area contributed by atoms with E-state index < -0.39 is 4.92 Å². The van der Waals surface area contributed by atoms with Crippen molar-refractivity contribution in [2.24, 2.45) is 0 Å². The lowest BCUT2D eigenvalue weighted by atomic mass is 10.1. The molecule has 1 amide bonds. The first-order chi connectivity index (χ1) is 10.5. The number of carbonyl (C=O) groups excluding carboxylic acids is 1.